The van der Waals surface area contributed by atoms with Gasteiger partial charge < -0.3 is 5.73 Å². The third-order valence-electron chi connectivity index (χ3n) is 2.01. The fraction of sp³-hybridized carbons (Fsp3) is 0.600. The number of halogens is 1. The van der Waals surface area contributed by atoms with Crippen LogP contribution in [0.2, 0.25) is 0 Å². The van der Waals surface area contributed by atoms with E-state index in [2.05, 4.69) is 41.9 Å². The van der Waals surface area contributed by atoms with Gasteiger partial charge in [-0.1, -0.05) is 13.8 Å². The quantitative estimate of drug-likeness (QED) is 0.873. The molecule has 0 radical (unpaired) electrons. The lowest BCUT2D eigenvalue weighted by Gasteiger charge is -2.10. The Morgan fingerprint density at radius 3 is 2.54 bits per heavy atom. The third-order valence-corrected chi connectivity index (χ3v) is 3.77. The molecule has 0 saturated heterocycles. The van der Waals surface area contributed by atoms with Crippen molar-refractivity contribution in [3.63, 3.8) is 0 Å². The summed E-state index contributed by atoms with van der Waals surface area (Å²) in [5, 5.41) is 0. The molecule has 0 fully saturated rings. The second-order valence-electron chi connectivity index (χ2n) is 3.72. The third kappa shape index (κ3) is 3.79. The monoisotopic (exact) mass is 261 g/mol. The van der Waals surface area contributed by atoms with Gasteiger partial charge in [0.2, 0.25) is 0 Å². The zero-order valence-electron chi connectivity index (χ0n) is 8.09. The summed E-state index contributed by atoms with van der Waals surface area (Å²) >= 11 is 5.18. The highest BCUT2D eigenvalue weighted by Gasteiger charge is 2.08. The Morgan fingerprint density at radius 1 is 1.38 bits per heavy atom. The van der Waals surface area contributed by atoms with E-state index >= 15 is 0 Å². The Hall–Kier alpha value is 0.140. The topological polar surface area (TPSA) is 26.0 Å². The van der Waals surface area contributed by atoms with Crippen LogP contribution in [0.25, 0.3) is 0 Å². The molecule has 0 aliphatic heterocycles. The largest absolute Gasteiger partial charge is 0.323 e. The molecule has 0 amide bonds. The van der Waals surface area contributed by atoms with Crippen molar-refractivity contribution in [2.45, 2.75) is 32.7 Å². The van der Waals surface area contributed by atoms with Crippen LogP contribution in [0.1, 0.15) is 37.6 Å². The molecule has 1 aromatic rings. The highest BCUT2D eigenvalue weighted by Crippen LogP contribution is 2.28. The average Bonchev–Trinajstić information content (AvgIpc) is 2.47. The SMILES string of the molecule is CC(C)CC[C@@H](N)c1ccc(Br)s1. The first kappa shape index (κ1) is 11.2. The molecule has 1 rings (SSSR count). The van der Waals surface area contributed by atoms with Crippen LogP contribution in [-0.4, -0.2) is 0 Å². The number of thiophene rings is 1. The minimum Gasteiger partial charge on any atom is -0.323 e. The Labute approximate surface area is 92.5 Å². The van der Waals surface area contributed by atoms with Gasteiger partial charge in [0, 0.05) is 10.9 Å². The van der Waals surface area contributed by atoms with Crippen molar-refractivity contribution in [1.29, 1.82) is 0 Å². The van der Waals surface area contributed by atoms with Gasteiger partial charge in [-0.25, -0.2) is 0 Å². The first-order valence-corrected chi connectivity index (χ1v) is 6.21. The molecule has 1 atom stereocenters. The molecule has 2 N–H and O–H groups in total. The highest BCUT2D eigenvalue weighted by atomic mass is 79.9. The first-order chi connectivity index (χ1) is 6.09. The lowest BCUT2D eigenvalue weighted by molar-refractivity contribution is 0.510. The summed E-state index contributed by atoms with van der Waals surface area (Å²) in [6, 6.07) is 4.40. The lowest BCUT2D eigenvalue weighted by Crippen LogP contribution is -2.09. The molecular formula is C10H16BrNS. The molecule has 0 spiro atoms. The van der Waals surface area contributed by atoms with E-state index in [1.54, 1.807) is 11.3 Å². The van der Waals surface area contributed by atoms with E-state index in [-0.39, 0.29) is 6.04 Å². The highest BCUT2D eigenvalue weighted by molar-refractivity contribution is 9.11. The summed E-state index contributed by atoms with van der Waals surface area (Å²) in [4.78, 5) is 1.28. The summed E-state index contributed by atoms with van der Waals surface area (Å²) in [5.41, 5.74) is 6.05. The van der Waals surface area contributed by atoms with Crippen LogP contribution in [0.3, 0.4) is 0 Å². The smallest absolute Gasteiger partial charge is 0.0701 e. The van der Waals surface area contributed by atoms with Crippen LogP contribution in [0, 0.1) is 5.92 Å². The second-order valence-corrected chi connectivity index (χ2v) is 6.21. The Morgan fingerprint density at radius 2 is 2.08 bits per heavy atom. The van der Waals surface area contributed by atoms with E-state index in [1.165, 1.54) is 15.1 Å². The zero-order valence-corrected chi connectivity index (χ0v) is 10.5. The maximum absolute atomic E-state index is 6.05. The van der Waals surface area contributed by atoms with E-state index in [9.17, 15) is 0 Å². The van der Waals surface area contributed by atoms with Gasteiger partial charge in [0.05, 0.1) is 3.79 Å². The van der Waals surface area contributed by atoms with Crippen LogP contribution < -0.4 is 5.73 Å². The van der Waals surface area contributed by atoms with E-state index in [4.69, 9.17) is 5.73 Å². The van der Waals surface area contributed by atoms with Crippen LogP contribution in [0.5, 0.6) is 0 Å². The summed E-state index contributed by atoms with van der Waals surface area (Å²) in [7, 11) is 0. The Bertz CT molecular complexity index is 257. The van der Waals surface area contributed by atoms with Crippen molar-refractivity contribution in [1.82, 2.24) is 0 Å². The standard InChI is InChI=1S/C10H16BrNS/c1-7(2)3-4-8(12)9-5-6-10(11)13-9/h5-8H,3-4,12H2,1-2H3/t8-/m1/s1. The molecule has 0 aliphatic carbocycles. The van der Waals surface area contributed by atoms with Crippen LogP contribution in [0.15, 0.2) is 15.9 Å². The molecule has 0 saturated carbocycles. The van der Waals surface area contributed by atoms with Crippen molar-refractivity contribution in [3.8, 4) is 0 Å². The summed E-state index contributed by atoms with van der Waals surface area (Å²) in [6.45, 7) is 4.47. The fourth-order valence-electron chi connectivity index (χ4n) is 1.18. The molecule has 1 aromatic heterocycles. The minimum absolute atomic E-state index is 0.221. The van der Waals surface area contributed by atoms with E-state index in [0.717, 1.165) is 12.3 Å². The maximum Gasteiger partial charge on any atom is 0.0701 e. The molecule has 13 heavy (non-hydrogen) atoms. The van der Waals surface area contributed by atoms with E-state index in [0.29, 0.717) is 0 Å². The number of rotatable bonds is 4. The van der Waals surface area contributed by atoms with Gasteiger partial charge in [-0.15, -0.1) is 11.3 Å². The van der Waals surface area contributed by atoms with Gasteiger partial charge in [0.15, 0.2) is 0 Å². The lowest BCUT2D eigenvalue weighted by atomic mass is 10.0. The fourth-order valence-corrected chi connectivity index (χ4v) is 2.64. The normalized spacial score (nSPS) is 13.6. The molecule has 3 heteroatoms. The Balaban J connectivity index is 2.44. The summed E-state index contributed by atoms with van der Waals surface area (Å²) in [5.74, 6) is 0.745. The number of hydrogen-bond donors (Lipinski definition) is 1. The molecule has 1 heterocycles. The Kier molecular flexibility index (Phi) is 4.42. The van der Waals surface area contributed by atoms with Gasteiger partial charge in [-0.2, -0.15) is 0 Å². The van der Waals surface area contributed by atoms with Crippen LogP contribution >= 0.6 is 27.3 Å². The predicted octanol–water partition coefficient (Wildman–Crippen LogP) is 3.95. The van der Waals surface area contributed by atoms with Gasteiger partial charge in [-0.3, -0.25) is 0 Å². The van der Waals surface area contributed by atoms with Crippen LogP contribution in [-0.2, 0) is 0 Å². The summed E-state index contributed by atoms with van der Waals surface area (Å²) in [6.07, 6.45) is 2.29. The molecule has 0 aliphatic rings. The van der Waals surface area contributed by atoms with Crippen molar-refractivity contribution < 1.29 is 0 Å². The van der Waals surface area contributed by atoms with E-state index in [1.807, 2.05) is 0 Å². The molecule has 1 nitrogen and oxygen atoms in total. The van der Waals surface area contributed by atoms with Crippen molar-refractivity contribution in [2.24, 2.45) is 11.7 Å². The van der Waals surface area contributed by atoms with Gasteiger partial charge in [0.1, 0.15) is 0 Å². The molecule has 0 bridgehead atoms. The van der Waals surface area contributed by atoms with Crippen molar-refractivity contribution >= 4 is 27.3 Å². The van der Waals surface area contributed by atoms with Gasteiger partial charge >= 0.3 is 0 Å². The molecule has 74 valence electrons. The first-order valence-electron chi connectivity index (χ1n) is 4.60. The van der Waals surface area contributed by atoms with Gasteiger partial charge in [0.25, 0.3) is 0 Å². The zero-order chi connectivity index (χ0) is 9.84. The van der Waals surface area contributed by atoms with Crippen LogP contribution in [0.4, 0.5) is 0 Å². The van der Waals surface area contributed by atoms with E-state index < -0.39 is 0 Å². The molecular weight excluding hydrogens is 246 g/mol. The predicted molar refractivity (Wildman–Crippen MR) is 63.0 cm³/mol. The number of hydrogen-bond acceptors (Lipinski definition) is 2. The summed E-state index contributed by atoms with van der Waals surface area (Å²) < 4.78 is 1.17. The number of nitrogens with two attached hydrogens (primary N) is 1. The average molecular weight is 262 g/mol. The van der Waals surface area contributed by atoms with Crippen molar-refractivity contribution in [3.05, 3.63) is 20.8 Å². The molecule has 0 unspecified atom stereocenters. The van der Waals surface area contributed by atoms with Crippen molar-refractivity contribution in [2.75, 3.05) is 0 Å². The molecule has 0 aromatic carbocycles. The minimum atomic E-state index is 0.221. The maximum atomic E-state index is 6.05. The van der Waals surface area contributed by atoms with Gasteiger partial charge in [-0.05, 0) is 46.8 Å². The second kappa shape index (κ2) is 5.13.